The molecule has 0 aliphatic carbocycles. The number of rotatable bonds is 16. The van der Waals surface area contributed by atoms with Crippen molar-refractivity contribution < 1.29 is 39.3 Å². The summed E-state index contributed by atoms with van der Waals surface area (Å²) in [6, 6.07) is -3.69. The molecule has 2 atom stereocenters. The molecule has 0 saturated carbocycles. The van der Waals surface area contributed by atoms with E-state index in [0.717, 1.165) is 18.6 Å². The Balaban J connectivity index is 4.28. The van der Waals surface area contributed by atoms with E-state index in [0.29, 0.717) is 25.8 Å². The van der Waals surface area contributed by atoms with Gasteiger partial charge in [0.15, 0.2) is 0 Å². The van der Waals surface area contributed by atoms with Crippen LogP contribution in [0.5, 0.6) is 0 Å². The minimum atomic E-state index is -1.45. The highest BCUT2D eigenvalue weighted by atomic mass is 32.1. The molecule has 0 saturated heterocycles. The van der Waals surface area contributed by atoms with Crippen LogP contribution in [-0.2, 0) is 19.2 Å². The highest BCUT2D eigenvalue weighted by Crippen LogP contribution is 2.03. The van der Waals surface area contributed by atoms with Gasteiger partial charge in [0.05, 0.1) is 0 Å². The standard InChI is InChI=1S/C17H29N3O8S/c21-13(6-2-4-10-29)18-9-3-1-5-11(15(24)25)19-17(28)20-12(16(26)27)7-8-14(22)23/h11-12,29H,1-10H2,(H,18,21)(H,22,23)(H,24,25)(H,26,27)(H2,19,20,28)/t11-,12-/m0/s1. The van der Waals surface area contributed by atoms with Crippen molar-refractivity contribution in [3.63, 3.8) is 0 Å². The molecule has 0 fully saturated rings. The number of thiol groups is 1. The number of hydrogen-bond acceptors (Lipinski definition) is 6. The summed E-state index contributed by atoms with van der Waals surface area (Å²) in [5.41, 5.74) is 0. The lowest BCUT2D eigenvalue weighted by molar-refractivity contribution is -0.140. The lowest BCUT2D eigenvalue weighted by Crippen LogP contribution is -2.51. The molecule has 0 aromatic rings. The second-order valence-corrected chi connectivity index (χ2v) is 6.81. The smallest absolute Gasteiger partial charge is 0.326 e. The molecule has 6 N–H and O–H groups in total. The first-order valence-corrected chi connectivity index (χ1v) is 9.92. The van der Waals surface area contributed by atoms with Gasteiger partial charge in [0.2, 0.25) is 5.91 Å². The third kappa shape index (κ3) is 14.2. The van der Waals surface area contributed by atoms with Gasteiger partial charge in [-0.25, -0.2) is 14.4 Å². The van der Waals surface area contributed by atoms with E-state index in [1.165, 1.54) is 0 Å². The predicted molar refractivity (Wildman–Crippen MR) is 106 cm³/mol. The van der Waals surface area contributed by atoms with Crippen LogP contribution in [0.25, 0.3) is 0 Å². The van der Waals surface area contributed by atoms with Crippen molar-refractivity contribution in [3.05, 3.63) is 0 Å². The Kier molecular flexibility index (Phi) is 14.1. The van der Waals surface area contributed by atoms with E-state index in [1.54, 1.807) is 0 Å². The van der Waals surface area contributed by atoms with Gasteiger partial charge in [-0.05, 0) is 44.3 Å². The van der Waals surface area contributed by atoms with Crippen LogP contribution in [0.15, 0.2) is 0 Å². The van der Waals surface area contributed by atoms with E-state index in [-0.39, 0.29) is 18.7 Å². The Morgan fingerprint density at radius 1 is 0.759 bits per heavy atom. The van der Waals surface area contributed by atoms with Crippen molar-refractivity contribution >= 4 is 42.5 Å². The van der Waals surface area contributed by atoms with Gasteiger partial charge in [0.1, 0.15) is 12.1 Å². The Hall–Kier alpha value is -2.50. The zero-order chi connectivity index (χ0) is 22.2. The third-order valence-electron chi connectivity index (χ3n) is 3.91. The molecule has 0 rings (SSSR count). The summed E-state index contributed by atoms with van der Waals surface area (Å²) in [5.74, 6) is -3.28. The number of nitrogens with one attached hydrogen (secondary N) is 3. The van der Waals surface area contributed by atoms with Gasteiger partial charge in [0, 0.05) is 19.4 Å². The van der Waals surface area contributed by atoms with Gasteiger partial charge in [-0.1, -0.05) is 0 Å². The highest BCUT2D eigenvalue weighted by Gasteiger charge is 2.24. The van der Waals surface area contributed by atoms with E-state index in [1.807, 2.05) is 0 Å². The van der Waals surface area contributed by atoms with Crippen molar-refractivity contribution in [1.29, 1.82) is 0 Å². The first-order chi connectivity index (χ1) is 13.7. The van der Waals surface area contributed by atoms with Crippen molar-refractivity contribution in [2.24, 2.45) is 0 Å². The molecule has 3 amide bonds. The van der Waals surface area contributed by atoms with Crippen LogP contribution in [0.2, 0.25) is 0 Å². The molecule has 0 aromatic carbocycles. The van der Waals surface area contributed by atoms with E-state index in [9.17, 15) is 29.1 Å². The number of carbonyl (C=O) groups excluding carboxylic acids is 2. The molecule has 0 radical (unpaired) electrons. The van der Waals surface area contributed by atoms with Crippen LogP contribution in [0.3, 0.4) is 0 Å². The number of hydrogen-bond donors (Lipinski definition) is 7. The second kappa shape index (κ2) is 15.4. The lowest BCUT2D eigenvalue weighted by Gasteiger charge is -2.18. The van der Waals surface area contributed by atoms with Gasteiger partial charge < -0.3 is 31.3 Å². The molecule has 0 heterocycles. The molecule has 166 valence electrons. The lowest BCUT2D eigenvalue weighted by atomic mass is 10.1. The predicted octanol–water partition coefficient (Wildman–Crippen LogP) is 0.443. The number of aliphatic carboxylic acids is 3. The molecule has 0 aliphatic heterocycles. The maximum atomic E-state index is 11.9. The normalized spacial score (nSPS) is 12.4. The number of amides is 3. The second-order valence-electron chi connectivity index (χ2n) is 6.36. The molecule has 0 spiro atoms. The molecule has 0 bridgehead atoms. The molecule has 0 aliphatic rings. The molecular weight excluding hydrogens is 406 g/mol. The van der Waals surface area contributed by atoms with Crippen LogP contribution in [0, 0.1) is 0 Å². The van der Waals surface area contributed by atoms with E-state index in [2.05, 4.69) is 28.6 Å². The molecular formula is C17H29N3O8S. The Morgan fingerprint density at radius 2 is 1.34 bits per heavy atom. The Labute approximate surface area is 174 Å². The Morgan fingerprint density at radius 3 is 1.86 bits per heavy atom. The highest BCUT2D eigenvalue weighted by molar-refractivity contribution is 7.80. The topological polar surface area (TPSA) is 182 Å². The maximum absolute atomic E-state index is 11.9. The van der Waals surface area contributed by atoms with Gasteiger partial charge in [-0.15, -0.1) is 0 Å². The molecule has 0 unspecified atom stereocenters. The largest absolute Gasteiger partial charge is 0.481 e. The number of carboxylic acids is 3. The van der Waals surface area contributed by atoms with E-state index in [4.69, 9.17) is 10.2 Å². The van der Waals surface area contributed by atoms with Gasteiger partial charge >= 0.3 is 23.9 Å². The quantitative estimate of drug-likeness (QED) is 0.135. The number of carbonyl (C=O) groups is 5. The summed E-state index contributed by atoms with van der Waals surface area (Å²) in [6.45, 7) is 0.383. The van der Waals surface area contributed by atoms with Crippen LogP contribution < -0.4 is 16.0 Å². The average molecular weight is 435 g/mol. The van der Waals surface area contributed by atoms with Crippen molar-refractivity contribution in [3.8, 4) is 0 Å². The minimum Gasteiger partial charge on any atom is -0.481 e. The first kappa shape index (κ1) is 26.5. The first-order valence-electron chi connectivity index (χ1n) is 9.29. The van der Waals surface area contributed by atoms with Gasteiger partial charge in [-0.2, -0.15) is 12.6 Å². The van der Waals surface area contributed by atoms with Crippen molar-refractivity contribution in [1.82, 2.24) is 16.0 Å². The summed E-state index contributed by atoms with van der Waals surface area (Å²) in [6.07, 6.45) is 2.24. The van der Waals surface area contributed by atoms with Gasteiger partial charge in [0.25, 0.3) is 0 Å². The maximum Gasteiger partial charge on any atom is 0.326 e. The zero-order valence-electron chi connectivity index (χ0n) is 16.1. The van der Waals surface area contributed by atoms with Crippen LogP contribution in [-0.4, -0.2) is 69.5 Å². The van der Waals surface area contributed by atoms with Crippen LogP contribution in [0.4, 0.5) is 4.79 Å². The summed E-state index contributed by atoms with van der Waals surface area (Å²) >= 11 is 4.06. The number of urea groups is 1. The molecule has 0 aromatic heterocycles. The summed E-state index contributed by atoms with van der Waals surface area (Å²) in [5, 5.41) is 33.7. The van der Waals surface area contributed by atoms with Crippen LogP contribution >= 0.6 is 12.6 Å². The molecule has 12 heteroatoms. The van der Waals surface area contributed by atoms with Crippen molar-refractivity contribution in [2.45, 2.75) is 63.5 Å². The average Bonchev–Trinajstić information content (AvgIpc) is 2.63. The minimum absolute atomic E-state index is 0.0832. The number of carboxylic acid groups (broad SMARTS) is 3. The summed E-state index contributed by atoms with van der Waals surface area (Å²) < 4.78 is 0. The fourth-order valence-electron chi connectivity index (χ4n) is 2.33. The third-order valence-corrected chi connectivity index (χ3v) is 4.22. The van der Waals surface area contributed by atoms with E-state index >= 15 is 0 Å². The SMILES string of the molecule is O=C(O)CC[C@H](NC(=O)N[C@@H](CCCCNC(=O)CCCCS)C(=O)O)C(=O)O. The summed E-state index contributed by atoms with van der Waals surface area (Å²) in [7, 11) is 0. The van der Waals surface area contributed by atoms with Crippen LogP contribution in [0.1, 0.15) is 51.4 Å². The molecule has 11 nitrogen and oxygen atoms in total. The summed E-state index contributed by atoms with van der Waals surface area (Å²) in [4.78, 5) is 56.3. The fraction of sp³-hybridized carbons (Fsp3) is 0.706. The molecule has 29 heavy (non-hydrogen) atoms. The van der Waals surface area contributed by atoms with Gasteiger partial charge in [-0.3, -0.25) is 9.59 Å². The van der Waals surface area contributed by atoms with E-state index < -0.39 is 42.4 Å². The Bertz CT molecular complexity index is 573. The fourth-order valence-corrected chi connectivity index (χ4v) is 2.55. The van der Waals surface area contributed by atoms with Crippen molar-refractivity contribution in [2.75, 3.05) is 12.3 Å². The zero-order valence-corrected chi connectivity index (χ0v) is 17.0. The monoisotopic (exact) mass is 435 g/mol. The number of unbranched alkanes of at least 4 members (excludes halogenated alkanes) is 2.